The number of alkyl halides is 2. The number of methoxy groups -OCH3 is 1. The second-order valence-corrected chi connectivity index (χ2v) is 8.00. The van der Waals surface area contributed by atoms with Gasteiger partial charge in [0.1, 0.15) is 0 Å². The first kappa shape index (κ1) is 23.8. The van der Waals surface area contributed by atoms with Crippen LogP contribution in [0.2, 0.25) is 5.02 Å². The molecule has 1 amide bonds. The topological polar surface area (TPSA) is 78.3 Å². The number of thioether (sulfide) groups is 1. The van der Waals surface area contributed by atoms with E-state index in [2.05, 4.69) is 20.3 Å². The first-order valence-electron chi connectivity index (χ1n) is 9.54. The number of ether oxygens (including phenoxy) is 2. The number of amides is 1. The lowest BCUT2D eigenvalue weighted by atomic mass is 10.1. The molecule has 0 aliphatic rings. The van der Waals surface area contributed by atoms with Gasteiger partial charge in [0.15, 0.2) is 22.5 Å². The van der Waals surface area contributed by atoms with Gasteiger partial charge < -0.3 is 19.4 Å². The van der Waals surface area contributed by atoms with Crippen molar-refractivity contribution in [1.82, 2.24) is 20.1 Å². The average Bonchev–Trinajstić information content (AvgIpc) is 3.13. The minimum Gasteiger partial charge on any atom is -0.493 e. The van der Waals surface area contributed by atoms with Crippen LogP contribution >= 0.6 is 23.4 Å². The number of halogens is 3. The molecule has 0 aliphatic heterocycles. The van der Waals surface area contributed by atoms with Crippen molar-refractivity contribution in [2.75, 3.05) is 19.4 Å². The molecule has 11 heteroatoms. The van der Waals surface area contributed by atoms with Crippen molar-refractivity contribution in [3.63, 3.8) is 0 Å². The molecule has 7 nitrogen and oxygen atoms in total. The molecule has 0 spiro atoms. The molecule has 0 atom stereocenters. The minimum atomic E-state index is -2.93. The lowest BCUT2D eigenvalue weighted by Crippen LogP contribution is -2.27. The molecule has 170 valence electrons. The average molecular weight is 483 g/mol. The van der Waals surface area contributed by atoms with E-state index in [0.717, 1.165) is 11.1 Å². The van der Waals surface area contributed by atoms with E-state index in [1.54, 1.807) is 24.3 Å². The molecule has 1 aromatic heterocycles. The fourth-order valence-electron chi connectivity index (χ4n) is 2.88. The summed E-state index contributed by atoms with van der Waals surface area (Å²) in [6, 6.07) is 11.9. The number of carbonyl (C=O) groups is 1. The summed E-state index contributed by atoms with van der Waals surface area (Å²) in [4.78, 5) is 12.2. The van der Waals surface area contributed by atoms with Crippen LogP contribution in [-0.2, 0) is 18.3 Å². The maximum Gasteiger partial charge on any atom is 0.387 e. The number of rotatable bonds is 10. The third kappa shape index (κ3) is 6.33. The van der Waals surface area contributed by atoms with Gasteiger partial charge in [-0.1, -0.05) is 29.4 Å². The summed E-state index contributed by atoms with van der Waals surface area (Å²) in [6.45, 7) is -2.55. The zero-order valence-corrected chi connectivity index (χ0v) is 18.9. The van der Waals surface area contributed by atoms with Crippen LogP contribution in [0.25, 0.3) is 11.4 Å². The number of aromatic nitrogens is 3. The SMILES string of the molecule is COc1cc(CCNC(=O)CSc2nnc(-c3ccc(Cl)cc3)n2C)ccc1OC(F)F. The molecule has 3 rings (SSSR count). The van der Waals surface area contributed by atoms with Crippen molar-refractivity contribution in [3.05, 3.63) is 53.1 Å². The van der Waals surface area contributed by atoms with Crippen molar-refractivity contribution in [3.8, 4) is 22.9 Å². The molecule has 1 heterocycles. The molecule has 0 saturated heterocycles. The highest BCUT2D eigenvalue weighted by molar-refractivity contribution is 7.99. The van der Waals surface area contributed by atoms with E-state index in [1.807, 2.05) is 23.7 Å². The molecular formula is C21H21ClF2N4O3S. The maximum atomic E-state index is 12.4. The van der Waals surface area contributed by atoms with Gasteiger partial charge in [0, 0.05) is 24.2 Å². The molecular weight excluding hydrogens is 462 g/mol. The van der Waals surface area contributed by atoms with Crippen LogP contribution < -0.4 is 14.8 Å². The molecule has 2 aromatic carbocycles. The van der Waals surface area contributed by atoms with E-state index in [4.69, 9.17) is 16.3 Å². The van der Waals surface area contributed by atoms with E-state index < -0.39 is 6.61 Å². The number of hydrogen-bond donors (Lipinski definition) is 1. The lowest BCUT2D eigenvalue weighted by molar-refractivity contribution is -0.118. The smallest absolute Gasteiger partial charge is 0.387 e. The normalized spacial score (nSPS) is 10.9. The lowest BCUT2D eigenvalue weighted by Gasteiger charge is -2.11. The highest BCUT2D eigenvalue weighted by atomic mass is 35.5. The van der Waals surface area contributed by atoms with E-state index in [-0.39, 0.29) is 23.2 Å². The summed E-state index contributed by atoms with van der Waals surface area (Å²) in [6.07, 6.45) is 0.506. The summed E-state index contributed by atoms with van der Waals surface area (Å²) < 4.78 is 36.1. The van der Waals surface area contributed by atoms with Crippen molar-refractivity contribution in [1.29, 1.82) is 0 Å². The quantitative estimate of drug-likeness (QED) is 0.436. The second-order valence-electron chi connectivity index (χ2n) is 6.62. The van der Waals surface area contributed by atoms with Crippen LogP contribution in [0.1, 0.15) is 5.56 Å². The highest BCUT2D eigenvalue weighted by Crippen LogP contribution is 2.29. The molecule has 3 aromatic rings. The Labute approximate surface area is 193 Å². The second kappa shape index (κ2) is 11.1. The third-order valence-corrected chi connectivity index (χ3v) is 5.72. The Kier molecular flexibility index (Phi) is 8.29. The summed E-state index contributed by atoms with van der Waals surface area (Å²) in [7, 11) is 3.21. The molecule has 0 fully saturated rings. The zero-order chi connectivity index (χ0) is 23.1. The van der Waals surface area contributed by atoms with Crippen molar-refractivity contribution < 1.29 is 23.0 Å². The van der Waals surface area contributed by atoms with Crippen LogP contribution in [0.4, 0.5) is 8.78 Å². The van der Waals surface area contributed by atoms with Crippen molar-refractivity contribution >= 4 is 29.3 Å². The number of nitrogens with zero attached hydrogens (tertiary/aromatic N) is 3. The fraction of sp³-hybridized carbons (Fsp3) is 0.286. The Balaban J connectivity index is 1.48. The molecule has 0 radical (unpaired) electrons. The van der Waals surface area contributed by atoms with Gasteiger partial charge in [0.05, 0.1) is 12.9 Å². The number of hydrogen-bond acceptors (Lipinski definition) is 6. The minimum absolute atomic E-state index is 0.0340. The maximum absolute atomic E-state index is 12.4. The first-order valence-corrected chi connectivity index (χ1v) is 10.9. The van der Waals surface area contributed by atoms with E-state index in [1.165, 1.54) is 24.9 Å². The van der Waals surface area contributed by atoms with Crippen molar-refractivity contribution in [2.24, 2.45) is 7.05 Å². The highest BCUT2D eigenvalue weighted by Gasteiger charge is 2.14. The fourth-order valence-corrected chi connectivity index (χ4v) is 3.75. The Morgan fingerprint density at radius 1 is 1.19 bits per heavy atom. The van der Waals surface area contributed by atoms with Crippen LogP contribution in [0, 0.1) is 0 Å². The number of nitrogens with one attached hydrogen (secondary N) is 1. The third-order valence-electron chi connectivity index (χ3n) is 4.45. The van der Waals surface area contributed by atoms with Crippen LogP contribution in [0.5, 0.6) is 11.5 Å². The summed E-state index contributed by atoms with van der Waals surface area (Å²) in [5, 5.41) is 12.4. The van der Waals surface area contributed by atoms with Gasteiger partial charge in [-0.05, 0) is 48.4 Å². The summed E-state index contributed by atoms with van der Waals surface area (Å²) in [5.41, 5.74) is 1.69. The molecule has 0 unspecified atom stereocenters. The Bertz CT molecular complexity index is 1060. The Hall–Kier alpha value is -2.85. The number of carbonyl (C=O) groups excluding carboxylic acids is 1. The van der Waals surface area contributed by atoms with Gasteiger partial charge in [-0.2, -0.15) is 8.78 Å². The van der Waals surface area contributed by atoms with Crippen LogP contribution in [-0.4, -0.2) is 46.7 Å². The molecule has 1 N–H and O–H groups in total. The largest absolute Gasteiger partial charge is 0.493 e. The Morgan fingerprint density at radius 2 is 1.94 bits per heavy atom. The van der Waals surface area contributed by atoms with Gasteiger partial charge in [-0.25, -0.2) is 0 Å². The van der Waals surface area contributed by atoms with Gasteiger partial charge in [-0.15, -0.1) is 10.2 Å². The van der Waals surface area contributed by atoms with Gasteiger partial charge in [0.2, 0.25) is 5.91 Å². The van der Waals surface area contributed by atoms with Crippen molar-refractivity contribution in [2.45, 2.75) is 18.2 Å². The summed E-state index contributed by atoms with van der Waals surface area (Å²) >= 11 is 7.20. The number of benzene rings is 2. The predicted octanol–water partition coefficient (Wildman–Crippen LogP) is 4.20. The van der Waals surface area contributed by atoms with Gasteiger partial charge >= 0.3 is 6.61 Å². The molecule has 0 aliphatic carbocycles. The molecule has 0 bridgehead atoms. The van der Waals surface area contributed by atoms with Gasteiger partial charge in [-0.3, -0.25) is 4.79 Å². The zero-order valence-electron chi connectivity index (χ0n) is 17.3. The monoisotopic (exact) mass is 482 g/mol. The predicted molar refractivity (Wildman–Crippen MR) is 119 cm³/mol. The van der Waals surface area contributed by atoms with Crippen LogP contribution in [0.15, 0.2) is 47.6 Å². The first-order chi connectivity index (χ1) is 15.4. The molecule has 0 saturated carbocycles. The Morgan fingerprint density at radius 3 is 2.62 bits per heavy atom. The summed E-state index contributed by atoms with van der Waals surface area (Å²) in [5.74, 6) is 0.877. The standard InChI is InChI=1S/C21H21ClF2N4O3S/c1-28-19(14-4-6-15(22)7-5-14)26-27-21(28)32-12-18(29)25-10-9-13-3-8-16(31-20(23)24)17(11-13)30-2/h3-8,11,20H,9-10,12H2,1-2H3,(H,25,29). The van der Waals surface area contributed by atoms with E-state index in [0.29, 0.717) is 29.0 Å². The van der Waals surface area contributed by atoms with E-state index >= 15 is 0 Å². The van der Waals surface area contributed by atoms with Gasteiger partial charge in [0.25, 0.3) is 0 Å². The van der Waals surface area contributed by atoms with E-state index in [9.17, 15) is 13.6 Å². The van der Waals surface area contributed by atoms with Crippen LogP contribution in [0.3, 0.4) is 0 Å². The molecule has 32 heavy (non-hydrogen) atoms.